The molecule has 0 unspecified atom stereocenters. The first-order valence-corrected chi connectivity index (χ1v) is 6.89. The third-order valence-electron chi connectivity index (χ3n) is 3.39. The van der Waals surface area contributed by atoms with E-state index in [-0.39, 0.29) is 12.7 Å². The monoisotopic (exact) mass is 294 g/mol. The maximum atomic E-state index is 12.1. The van der Waals surface area contributed by atoms with Crippen LogP contribution in [0.4, 0.5) is 0 Å². The van der Waals surface area contributed by atoms with Crippen LogP contribution in [0, 0.1) is 11.3 Å². The Labute approximate surface area is 128 Å². The molecule has 0 saturated heterocycles. The fourth-order valence-corrected chi connectivity index (χ4v) is 2.20. The molecular weight excluding hydrogens is 280 g/mol. The van der Waals surface area contributed by atoms with Gasteiger partial charge < -0.3 is 14.8 Å². The molecule has 0 saturated carbocycles. The van der Waals surface area contributed by atoms with Crippen LogP contribution in [0.15, 0.2) is 42.5 Å². The Kier molecular flexibility index (Phi) is 3.92. The highest BCUT2D eigenvalue weighted by Gasteiger charge is 2.13. The molecule has 1 aliphatic rings. The van der Waals surface area contributed by atoms with E-state index >= 15 is 0 Å². The Morgan fingerprint density at radius 1 is 1.09 bits per heavy atom. The van der Waals surface area contributed by atoms with Gasteiger partial charge in [-0.05, 0) is 35.4 Å². The van der Waals surface area contributed by atoms with Crippen LogP contribution in [0.25, 0.3) is 0 Å². The van der Waals surface area contributed by atoms with Gasteiger partial charge in [0, 0.05) is 12.1 Å². The zero-order valence-electron chi connectivity index (χ0n) is 11.8. The van der Waals surface area contributed by atoms with E-state index in [0.29, 0.717) is 24.3 Å². The lowest BCUT2D eigenvalue weighted by molar-refractivity contribution is 0.0951. The average Bonchev–Trinajstić information content (AvgIpc) is 3.01. The zero-order valence-corrected chi connectivity index (χ0v) is 11.8. The summed E-state index contributed by atoms with van der Waals surface area (Å²) >= 11 is 0. The number of hydrogen-bond donors (Lipinski definition) is 1. The second kappa shape index (κ2) is 6.19. The standard InChI is InChI=1S/C17H14N2O3/c18-8-7-12-1-4-14(5-2-12)17(20)19-10-13-3-6-15-16(9-13)22-11-21-15/h1-6,9H,7,10-11H2,(H,19,20). The van der Waals surface area contributed by atoms with Gasteiger partial charge in [0.15, 0.2) is 11.5 Å². The van der Waals surface area contributed by atoms with Crippen molar-refractivity contribution in [1.29, 1.82) is 5.26 Å². The summed E-state index contributed by atoms with van der Waals surface area (Å²) in [6.45, 7) is 0.648. The van der Waals surface area contributed by atoms with E-state index in [1.165, 1.54) is 0 Å². The fourth-order valence-electron chi connectivity index (χ4n) is 2.20. The highest BCUT2D eigenvalue weighted by molar-refractivity contribution is 5.94. The van der Waals surface area contributed by atoms with E-state index in [2.05, 4.69) is 11.4 Å². The SMILES string of the molecule is N#CCc1ccc(C(=O)NCc2ccc3c(c2)OCO3)cc1. The van der Waals surface area contributed by atoms with E-state index < -0.39 is 0 Å². The lowest BCUT2D eigenvalue weighted by Crippen LogP contribution is -2.22. The minimum atomic E-state index is -0.152. The van der Waals surface area contributed by atoms with E-state index in [0.717, 1.165) is 16.9 Å². The number of fused-ring (bicyclic) bond motifs is 1. The predicted octanol–water partition coefficient (Wildman–Crippen LogP) is 2.41. The summed E-state index contributed by atoms with van der Waals surface area (Å²) in [6, 6.07) is 14.7. The van der Waals surface area contributed by atoms with Gasteiger partial charge in [-0.15, -0.1) is 0 Å². The number of nitrogens with one attached hydrogen (secondary N) is 1. The first-order valence-electron chi connectivity index (χ1n) is 6.89. The van der Waals surface area contributed by atoms with Crippen LogP contribution in [0.3, 0.4) is 0 Å². The second-order valence-electron chi connectivity index (χ2n) is 4.90. The van der Waals surface area contributed by atoms with Crippen LogP contribution in [0.1, 0.15) is 21.5 Å². The molecule has 1 heterocycles. The Morgan fingerprint density at radius 2 is 1.82 bits per heavy atom. The fraction of sp³-hybridized carbons (Fsp3) is 0.176. The molecule has 1 N–H and O–H groups in total. The molecule has 0 bridgehead atoms. The molecule has 0 atom stereocenters. The number of benzene rings is 2. The van der Waals surface area contributed by atoms with Crippen molar-refractivity contribution in [3.63, 3.8) is 0 Å². The molecule has 5 heteroatoms. The van der Waals surface area contributed by atoms with Crippen molar-refractivity contribution in [3.05, 3.63) is 59.2 Å². The number of nitrogens with zero attached hydrogens (tertiary/aromatic N) is 1. The molecule has 0 aromatic heterocycles. The predicted molar refractivity (Wildman–Crippen MR) is 79.5 cm³/mol. The number of rotatable bonds is 4. The molecule has 0 spiro atoms. The summed E-state index contributed by atoms with van der Waals surface area (Å²) in [6.07, 6.45) is 0.346. The zero-order chi connectivity index (χ0) is 15.4. The minimum Gasteiger partial charge on any atom is -0.454 e. The van der Waals surface area contributed by atoms with Crippen molar-refractivity contribution >= 4 is 5.91 Å². The molecule has 0 fully saturated rings. The third kappa shape index (κ3) is 3.01. The van der Waals surface area contributed by atoms with Crippen molar-refractivity contribution in [2.75, 3.05) is 6.79 Å². The molecule has 2 aromatic carbocycles. The molecule has 1 amide bonds. The van der Waals surface area contributed by atoms with Crippen molar-refractivity contribution in [2.45, 2.75) is 13.0 Å². The van der Waals surface area contributed by atoms with Gasteiger partial charge in [0.1, 0.15) is 0 Å². The molecule has 22 heavy (non-hydrogen) atoms. The maximum Gasteiger partial charge on any atom is 0.251 e. The van der Waals surface area contributed by atoms with Crippen molar-refractivity contribution in [1.82, 2.24) is 5.32 Å². The summed E-state index contributed by atoms with van der Waals surface area (Å²) in [5, 5.41) is 11.5. The van der Waals surface area contributed by atoms with Crippen LogP contribution in [0.2, 0.25) is 0 Å². The third-order valence-corrected chi connectivity index (χ3v) is 3.39. The molecular formula is C17H14N2O3. The van der Waals surface area contributed by atoms with Crippen molar-refractivity contribution in [3.8, 4) is 17.6 Å². The highest BCUT2D eigenvalue weighted by Crippen LogP contribution is 2.32. The second-order valence-corrected chi connectivity index (χ2v) is 4.90. The summed E-state index contributed by atoms with van der Waals surface area (Å²) in [7, 11) is 0. The van der Waals surface area contributed by atoms with Crippen molar-refractivity contribution in [2.24, 2.45) is 0 Å². The Hall–Kier alpha value is -3.00. The number of carbonyl (C=O) groups is 1. The molecule has 110 valence electrons. The van der Waals surface area contributed by atoms with Gasteiger partial charge in [-0.25, -0.2) is 0 Å². The van der Waals surface area contributed by atoms with Gasteiger partial charge in [0.05, 0.1) is 12.5 Å². The smallest absolute Gasteiger partial charge is 0.251 e. The molecule has 0 aliphatic carbocycles. The van der Waals surface area contributed by atoms with Crippen LogP contribution < -0.4 is 14.8 Å². The van der Waals surface area contributed by atoms with Crippen molar-refractivity contribution < 1.29 is 14.3 Å². The molecule has 1 aliphatic heterocycles. The van der Waals surface area contributed by atoms with Crippen LogP contribution in [-0.2, 0) is 13.0 Å². The topological polar surface area (TPSA) is 71.4 Å². The Morgan fingerprint density at radius 3 is 2.59 bits per heavy atom. The van der Waals surface area contributed by atoms with E-state index in [1.807, 2.05) is 18.2 Å². The van der Waals surface area contributed by atoms with E-state index in [4.69, 9.17) is 14.7 Å². The Balaban J connectivity index is 1.61. The van der Waals surface area contributed by atoms with Crippen LogP contribution in [-0.4, -0.2) is 12.7 Å². The van der Waals surface area contributed by atoms with Gasteiger partial charge in [0.25, 0.3) is 5.91 Å². The molecule has 0 radical (unpaired) electrons. The Bertz CT molecular complexity index is 733. The summed E-state index contributed by atoms with van der Waals surface area (Å²) in [5.41, 5.74) is 2.41. The quantitative estimate of drug-likeness (QED) is 0.940. The van der Waals surface area contributed by atoms with E-state index in [1.54, 1.807) is 24.3 Å². The number of amides is 1. The lowest BCUT2D eigenvalue weighted by atomic mass is 10.1. The highest BCUT2D eigenvalue weighted by atomic mass is 16.7. The van der Waals surface area contributed by atoms with Gasteiger partial charge in [-0.1, -0.05) is 18.2 Å². The first-order chi connectivity index (χ1) is 10.8. The van der Waals surface area contributed by atoms with E-state index in [9.17, 15) is 4.79 Å². The summed E-state index contributed by atoms with van der Waals surface area (Å²) in [5.74, 6) is 1.27. The molecule has 3 rings (SSSR count). The number of nitriles is 1. The average molecular weight is 294 g/mol. The van der Waals surface area contributed by atoms with Crippen LogP contribution >= 0.6 is 0 Å². The van der Waals surface area contributed by atoms with Gasteiger partial charge in [-0.3, -0.25) is 4.79 Å². The van der Waals surface area contributed by atoms with Crippen LogP contribution in [0.5, 0.6) is 11.5 Å². The summed E-state index contributed by atoms with van der Waals surface area (Å²) < 4.78 is 10.6. The number of carbonyl (C=O) groups excluding carboxylic acids is 1. The van der Waals surface area contributed by atoms with Gasteiger partial charge in [-0.2, -0.15) is 5.26 Å². The molecule has 2 aromatic rings. The normalized spacial score (nSPS) is 11.8. The van der Waals surface area contributed by atoms with Gasteiger partial charge in [0.2, 0.25) is 6.79 Å². The maximum absolute atomic E-state index is 12.1. The minimum absolute atomic E-state index is 0.152. The molecule has 5 nitrogen and oxygen atoms in total. The number of ether oxygens (including phenoxy) is 2. The first kappa shape index (κ1) is 14.0. The summed E-state index contributed by atoms with van der Waals surface area (Å²) in [4.78, 5) is 12.1. The number of hydrogen-bond acceptors (Lipinski definition) is 4. The largest absolute Gasteiger partial charge is 0.454 e. The van der Waals surface area contributed by atoms with Gasteiger partial charge >= 0.3 is 0 Å². The lowest BCUT2D eigenvalue weighted by Gasteiger charge is -2.07.